The molecule has 0 aliphatic heterocycles. The molecule has 2 heteroatoms. The Morgan fingerprint density at radius 3 is 2.38 bits per heavy atom. The predicted octanol–water partition coefficient (Wildman–Crippen LogP) is 2.64. The van der Waals surface area contributed by atoms with Crippen LogP contribution in [-0.4, -0.2) is 36.1 Å². The number of hydrogen-bond acceptors (Lipinski definition) is 2. The minimum atomic E-state index is 0.795. The maximum atomic E-state index is 3.62. The van der Waals surface area contributed by atoms with Gasteiger partial charge in [0.1, 0.15) is 0 Å². The first kappa shape index (κ1) is 12.4. The molecule has 0 saturated heterocycles. The van der Waals surface area contributed by atoms with Crippen LogP contribution in [0.3, 0.4) is 0 Å². The maximum absolute atomic E-state index is 3.62. The van der Waals surface area contributed by atoms with E-state index in [0.29, 0.717) is 0 Å². The summed E-state index contributed by atoms with van der Waals surface area (Å²) < 4.78 is 0. The van der Waals surface area contributed by atoms with Crippen molar-refractivity contribution in [3.63, 3.8) is 0 Å². The molecule has 0 radical (unpaired) electrons. The van der Waals surface area contributed by atoms with Crippen LogP contribution in [0.2, 0.25) is 0 Å². The molecule has 2 fully saturated rings. The average Bonchev–Trinajstić information content (AvgIpc) is 2.96. The fraction of sp³-hybridized carbons (Fsp3) is 1.00. The molecule has 0 spiro atoms. The Kier molecular flexibility index (Phi) is 4.26. The molecule has 2 aliphatic carbocycles. The van der Waals surface area contributed by atoms with Crippen LogP contribution < -0.4 is 5.32 Å². The van der Waals surface area contributed by atoms with Crippen molar-refractivity contribution >= 4 is 0 Å². The van der Waals surface area contributed by atoms with Gasteiger partial charge in [0, 0.05) is 24.7 Å². The first-order chi connectivity index (χ1) is 7.70. The normalized spacial score (nSPS) is 30.6. The van der Waals surface area contributed by atoms with Crippen LogP contribution in [0.15, 0.2) is 0 Å². The number of nitrogens with one attached hydrogen (secondary N) is 1. The van der Waals surface area contributed by atoms with Gasteiger partial charge in [-0.1, -0.05) is 20.8 Å². The summed E-state index contributed by atoms with van der Waals surface area (Å²) in [4.78, 5) is 2.82. The summed E-state index contributed by atoms with van der Waals surface area (Å²) in [5, 5.41) is 3.62. The molecule has 1 N–H and O–H groups in total. The van der Waals surface area contributed by atoms with Crippen LogP contribution in [0.1, 0.15) is 52.9 Å². The Morgan fingerprint density at radius 2 is 1.81 bits per heavy atom. The van der Waals surface area contributed by atoms with E-state index in [1.807, 2.05) is 0 Å². The van der Waals surface area contributed by atoms with E-state index in [4.69, 9.17) is 0 Å². The van der Waals surface area contributed by atoms with Gasteiger partial charge in [-0.3, -0.25) is 4.90 Å². The highest BCUT2D eigenvalue weighted by Gasteiger charge is 2.37. The smallest absolute Gasteiger partial charge is 0.0114 e. The van der Waals surface area contributed by atoms with Gasteiger partial charge in [0.05, 0.1) is 0 Å². The van der Waals surface area contributed by atoms with Gasteiger partial charge in [-0.05, 0) is 44.6 Å². The zero-order chi connectivity index (χ0) is 11.5. The SMILES string of the molecule is CCNC1CCC(N(CC(C)C)C2CC2)C1. The van der Waals surface area contributed by atoms with Crippen molar-refractivity contribution in [1.82, 2.24) is 10.2 Å². The molecule has 0 heterocycles. The lowest BCUT2D eigenvalue weighted by molar-refractivity contribution is 0.165. The zero-order valence-electron chi connectivity index (χ0n) is 11.2. The lowest BCUT2D eigenvalue weighted by Gasteiger charge is -2.30. The summed E-state index contributed by atoms with van der Waals surface area (Å²) in [6.45, 7) is 9.37. The highest BCUT2D eigenvalue weighted by molar-refractivity contribution is 4.94. The molecular formula is C14H28N2. The number of rotatable bonds is 6. The van der Waals surface area contributed by atoms with Crippen molar-refractivity contribution in [2.45, 2.75) is 71.0 Å². The third kappa shape index (κ3) is 3.21. The van der Waals surface area contributed by atoms with E-state index >= 15 is 0 Å². The van der Waals surface area contributed by atoms with E-state index in [0.717, 1.165) is 30.6 Å². The number of hydrogen-bond donors (Lipinski definition) is 1. The van der Waals surface area contributed by atoms with Crippen LogP contribution in [0.5, 0.6) is 0 Å². The molecule has 16 heavy (non-hydrogen) atoms. The Bertz CT molecular complexity index is 211. The lowest BCUT2D eigenvalue weighted by Crippen LogP contribution is -2.39. The summed E-state index contributed by atoms with van der Waals surface area (Å²) in [5.74, 6) is 0.818. The molecular weight excluding hydrogens is 196 g/mol. The second-order valence-corrected chi connectivity index (χ2v) is 6.04. The third-order valence-corrected chi connectivity index (χ3v) is 3.96. The second-order valence-electron chi connectivity index (χ2n) is 6.04. The molecule has 2 nitrogen and oxygen atoms in total. The molecule has 0 amide bonds. The Hall–Kier alpha value is -0.0800. The van der Waals surface area contributed by atoms with Crippen molar-refractivity contribution in [3.05, 3.63) is 0 Å². The minimum absolute atomic E-state index is 0.795. The Balaban J connectivity index is 1.84. The van der Waals surface area contributed by atoms with E-state index in [1.165, 1.54) is 38.6 Å². The summed E-state index contributed by atoms with van der Waals surface area (Å²) >= 11 is 0. The fourth-order valence-electron chi connectivity index (χ4n) is 3.16. The van der Waals surface area contributed by atoms with Crippen molar-refractivity contribution in [2.24, 2.45) is 5.92 Å². The van der Waals surface area contributed by atoms with Crippen LogP contribution in [0.25, 0.3) is 0 Å². The molecule has 0 aromatic rings. The topological polar surface area (TPSA) is 15.3 Å². The monoisotopic (exact) mass is 224 g/mol. The van der Waals surface area contributed by atoms with Crippen molar-refractivity contribution in [2.75, 3.05) is 13.1 Å². The van der Waals surface area contributed by atoms with Crippen molar-refractivity contribution < 1.29 is 0 Å². The average molecular weight is 224 g/mol. The van der Waals surface area contributed by atoms with Crippen LogP contribution in [0, 0.1) is 5.92 Å². The molecule has 0 bridgehead atoms. The summed E-state index contributed by atoms with van der Waals surface area (Å²) in [6.07, 6.45) is 7.10. The Labute approximate surface area is 101 Å². The second kappa shape index (κ2) is 5.50. The standard InChI is InChI=1S/C14H28N2/c1-4-15-12-5-6-14(9-12)16(10-11(2)3)13-7-8-13/h11-15H,4-10H2,1-3H3. The molecule has 0 aromatic carbocycles. The first-order valence-electron chi connectivity index (χ1n) is 7.19. The van der Waals surface area contributed by atoms with Crippen molar-refractivity contribution in [3.8, 4) is 0 Å². The third-order valence-electron chi connectivity index (χ3n) is 3.96. The highest BCUT2D eigenvalue weighted by atomic mass is 15.2. The predicted molar refractivity (Wildman–Crippen MR) is 69.7 cm³/mol. The molecule has 2 saturated carbocycles. The van der Waals surface area contributed by atoms with E-state index in [-0.39, 0.29) is 0 Å². The molecule has 2 unspecified atom stereocenters. The number of nitrogens with zero attached hydrogens (tertiary/aromatic N) is 1. The van der Waals surface area contributed by atoms with Gasteiger partial charge in [-0.25, -0.2) is 0 Å². The summed E-state index contributed by atoms with van der Waals surface area (Å²) in [7, 11) is 0. The minimum Gasteiger partial charge on any atom is -0.314 e. The van der Waals surface area contributed by atoms with Gasteiger partial charge in [-0.2, -0.15) is 0 Å². The van der Waals surface area contributed by atoms with Gasteiger partial charge in [0.2, 0.25) is 0 Å². The van der Waals surface area contributed by atoms with Gasteiger partial charge in [0.15, 0.2) is 0 Å². The van der Waals surface area contributed by atoms with Gasteiger partial charge in [-0.15, -0.1) is 0 Å². The van der Waals surface area contributed by atoms with E-state index < -0.39 is 0 Å². The molecule has 2 aliphatic rings. The molecule has 2 atom stereocenters. The van der Waals surface area contributed by atoms with E-state index in [9.17, 15) is 0 Å². The largest absolute Gasteiger partial charge is 0.314 e. The van der Waals surface area contributed by atoms with Crippen LogP contribution in [0.4, 0.5) is 0 Å². The van der Waals surface area contributed by atoms with Gasteiger partial charge < -0.3 is 5.32 Å². The Morgan fingerprint density at radius 1 is 1.12 bits per heavy atom. The van der Waals surface area contributed by atoms with Crippen LogP contribution in [-0.2, 0) is 0 Å². The van der Waals surface area contributed by atoms with E-state index in [2.05, 4.69) is 31.0 Å². The zero-order valence-corrected chi connectivity index (χ0v) is 11.2. The van der Waals surface area contributed by atoms with Crippen LogP contribution >= 0.6 is 0 Å². The molecule has 2 rings (SSSR count). The quantitative estimate of drug-likeness (QED) is 0.746. The summed E-state index contributed by atoms with van der Waals surface area (Å²) in [6, 6.07) is 2.61. The van der Waals surface area contributed by atoms with Gasteiger partial charge >= 0.3 is 0 Å². The van der Waals surface area contributed by atoms with E-state index in [1.54, 1.807) is 0 Å². The highest BCUT2D eigenvalue weighted by Crippen LogP contribution is 2.34. The fourth-order valence-corrected chi connectivity index (χ4v) is 3.16. The maximum Gasteiger partial charge on any atom is 0.0114 e. The van der Waals surface area contributed by atoms with Gasteiger partial charge in [0.25, 0.3) is 0 Å². The summed E-state index contributed by atoms with van der Waals surface area (Å²) in [5.41, 5.74) is 0. The molecule has 0 aromatic heterocycles. The lowest BCUT2D eigenvalue weighted by atomic mass is 10.1. The van der Waals surface area contributed by atoms with Crippen molar-refractivity contribution in [1.29, 1.82) is 0 Å². The first-order valence-corrected chi connectivity index (χ1v) is 7.19. The molecule has 94 valence electrons.